The molecule has 3 N–H and O–H groups in total. The Hall–Kier alpha value is -1.39. The van der Waals surface area contributed by atoms with Gasteiger partial charge in [0.05, 0.1) is 5.92 Å². The fourth-order valence-electron chi connectivity index (χ4n) is 3.77. The summed E-state index contributed by atoms with van der Waals surface area (Å²) in [5, 5.41) is 3.02. The third-order valence-corrected chi connectivity index (χ3v) is 4.82. The highest BCUT2D eigenvalue weighted by molar-refractivity contribution is 5.82. The van der Waals surface area contributed by atoms with Crippen LogP contribution in [0.4, 0.5) is 0 Å². The predicted octanol–water partition coefficient (Wildman–Crippen LogP) is 1.21. The van der Waals surface area contributed by atoms with E-state index in [-0.39, 0.29) is 17.9 Å². The molecule has 20 heavy (non-hydrogen) atoms. The van der Waals surface area contributed by atoms with Crippen LogP contribution < -0.4 is 11.1 Å². The molecule has 0 radical (unpaired) electrons. The standard InChI is InChI=1S/C16H23N3O/c1-11-5-2-3-6-12(11)14(9-17)19-8-4-7-13-15(19)10-18-16(13)20/h2-3,5-6,13-15H,4,7-10,17H2,1H3,(H,18,20). The number of nitrogens with zero attached hydrogens (tertiary/aromatic N) is 1. The lowest BCUT2D eigenvalue weighted by molar-refractivity contribution is -0.124. The van der Waals surface area contributed by atoms with Crippen molar-refractivity contribution in [3.8, 4) is 0 Å². The lowest BCUT2D eigenvalue weighted by Crippen LogP contribution is -2.49. The first-order valence-electron chi connectivity index (χ1n) is 7.51. The molecule has 4 nitrogen and oxygen atoms in total. The number of nitrogens with one attached hydrogen (secondary N) is 1. The highest BCUT2D eigenvalue weighted by Crippen LogP contribution is 2.34. The van der Waals surface area contributed by atoms with Gasteiger partial charge in [0.25, 0.3) is 0 Å². The molecule has 0 bridgehead atoms. The highest BCUT2D eigenvalue weighted by atomic mass is 16.2. The average Bonchev–Trinajstić information content (AvgIpc) is 2.84. The van der Waals surface area contributed by atoms with Crippen molar-refractivity contribution in [1.29, 1.82) is 0 Å². The fourth-order valence-corrected chi connectivity index (χ4v) is 3.77. The first-order chi connectivity index (χ1) is 9.72. The van der Waals surface area contributed by atoms with E-state index in [1.165, 1.54) is 11.1 Å². The van der Waals surface area contributed by atoms with E-state index in [1.54, 1.807) is 0 Å². The van der Waals surface area contributed by atoms with Gasteiger partial charge in [0.15, 0.2) is 0 Å². The van der Waals surface area contributed by atoms with Crippen molar-refractivity contribution in [2.24, 2.45) is 11.7 Å². The zero-order valence-electron chi connectivity index (χ0n) is 12.0. The van der Waals surface area contributed by atoms with Crippen LogP contribution in [0.3, 0.4) is 0 Å². The molecule has 2 aliphatic rings. The topological polar surface area (TPSA) is 58.4 Å². The van der Waals surface area contributed by atoms with Crippen LogP contribution in [0.1, 0.15) is 30.0 Å². The number of amides is 1. The first-order valence-corrected chi connectivity index (χ1v) is 7.51. The maximum atomic E-state index is 11.9. The van der Waals surface area contributed by atoms with Crippen LogP contribution in [-0.2, 0) is 4.79 Å². The van der Waals surface area contributed by atoms with Crippen LogP contribution in [0.5, 0.6) is 0 Å². The number of nitrogens with two attached hydrogens (primary N) is 1. The molecule has 3 atom stereocenters. The minimum atomic E-state index is 0.154. The summed E-state index contributed by atoms with van der Waals surface area (Å²) < 4.78 is 0. The van der Waals surface area contributed by atoms with Crippen LogP contribution in [-0.4, -0.2) is 36.5 Å². The van der Waals surface area contributed by atoms with Gasteiger partial charge in [-0.05, 0) is 37.4 Å². The van der Waals surface area contributed by atoms with Gasteiger partial charge in [-0.3, -0.25) is 9.69 Å². The number of carbonyl (C=O) groups is 1. The van der Waals surface area contributed by atoms with Crippen molar-refractivity contribution in [2.45, 2.75) is 31.8 Å². The van der Waals surface area contributed by atoms with Crippen LogP contribution in [0.25, 0.3) is 0 Å². The van der Waals surface area contributed by atoms with Gasteiger partial charge in [-0.1, -0.05) is 24.3 Å². The van der Waals surface area contributed by atoms with Crippen LogP contribution in [0.2, 0.25) is 0 Å². The second-order valence-corrected chi connectivity index (χ2v) is 5.91. The van der Waals surface area contributed by atoms with Crippen molar-refractivity contribution in [1.82, 2.24) is 10.2 Å². The summed E-state index contributed by atoms with van der Waals surface area (Å²) in [5.41, 5.74) is 8.66. The number of hydrogen-bond donors (Lipinski definition) is 2. The second-order valence-electron chi connectivity index (χ2n) is 5.91. The number of carbonyl (C=O) groups excluding carboxylic acids is 1. The SMILES string of the molecule is Cc1ccccc1C(CN)N1CCCC2C(=O)NCC21. The zero-order chi connectivity index (χ0) is 14.1. The summed E-state index contributed by atoms with van der Waals surface area (Å²) in [5.74, 6) is 0.377. The van der Waals surface area contributed by atoms with E-state index in [0.717, 1.165) is 25.9 Å². The van der Waals surface area contributed by atoms with Gasteiger partial charge in [0.1, 0.15) is 0 Å². The largest absolute Gasteiger partial charge is 0.354 e. The quantitative estimate of drug-likeness (QED) is 0.870. The lowest BCUT2D eigenvalue weighted by Gasteiger charge is -2.41. The van der Waals surface area contributed by atoms with E-state index < -0.39 is 0 Å². The van der Waals surface area contributed by atoms with Gasteiger partial charge in [0.2, 0.25) is 5.91 Å². The summed E-state index contributed by atoms with van der Waals surface area (Å²) >= 11 is 0. The molecule has 1 amide bonds. The summed E-state index contributed by atoms with van der Waals surface area (Å²) in [6.45, 7) is 4.54. The molecule has 2 heterocycles. The minimum absolute atomic E-state index is 0.154. The maximum Gasteiger partial charge on any atom is 0.224 e. The number of rotatable bonds is 3. The summed E-state index contributed by atoms with van der Waals surface area (Å²) in [6, 6.07) is 8.97. The van der Waals surface area contributed by atoms with Crippen LogP contribution in [0, 0.1) is 12.8 Å². The van der Waals surface area contributed by atoms with E-state index >= 15 is 0 Å². The molecule has 1 aromatic carbocycles. The Labute approximate surface area is 120 Å². The number of benzene rings is 1. The Morgan fingerprint density at radius 2 is 2.25 bits per heavy atom. The molecule has 2 saturated heterocycles. The molecule has 4 heteroatoms. The van der Waals surface area contributed by atoms with E-state index in [2.05, 4.69) is 41.4 Å². The first kappa shape index (κ1) is 13.6. The van der Waals surface area contributed by atoms with Crippen LogP contribution in [0.15, 0.2) is 24.3 Å². The predicted molar refractivity (Wildman–Crippen MR) is 79.2 cm³/mol. The van der Waals surface area contributed by atoms with Crippen molar-refractivity contribution >= 4 is 5.91 Å². The van der Waals surface area contributed by atoms with E-state index in [0.29, 0.717) is 12.6 Å². The van der Waals surface area contributed by atoms with Gasteiger partial charge in [0, 0.05) is 25.2 Å². The monoisotopic (exact) mass is 273 g/mol. The molecule has 0 aliphatic carbocycles. The van der Waals surface area contributed by atoms with E-state index in [9.17, 15) is 4.79 Å². The zero-order valence-corrected chi connectivity index (χ0v) is 12.0. The van der Waals surface area contributed by atoms with Crippen LogP contribution >= 0.6 is 0 Å². The normalized spacial score (nSPS) is 28.0. The number of hydrogen-bond acceptors (Lipinski definition) is 3. The Bertz CT molecular complexity index is 502. The molecular weight excluding hydrogens is 250 g/mol. The Kier molecular flexibility index (Phi) is 3.76. The molecule has 3 unspecified atom stereocenters. The molecule has 0 spiro atoms. The fraction of sp³-hybridized carbons (Fsp3) is 0.562. The Balaban J connectivity index is 1.89. The lowest BCUT2D eigenvalue weighted by atomic mass is 9.88. The molecule has 3 rings (SSSR count). The molecule has 2 fully saturated rings. The average molecular weight is 273 g/mol. The van der Waals surface area contributed by atoms with Gasteiger partial charge in [-0.2, -0.15) is 0 Å². The molecule has 108 valence electrons. The van der Waals surface area contributed by atoms with Crippen molar-refractivity contribution < 1.29 is 4.79 Å². The number of fused-ring (bicyclic) bond motifs is 1. The highest BCUT2D eigenvalue weighted by Gasteiger charge is 2.43. The number of aryl methyl sites for hydroxylation is 1. The third kappa shape index (κ3) is 2.23. The van der Waals surface area contributed by atoms with Gasteiger partial charge < -0.3 is 11.1 Å². The Morgan fingerprint density at radius 1 is 1.45 bits per heavy atom. The summed E-state index contributed by atoms with van der Waals surface area (Å²) in [7, 11) is 0. The van der Waals surface area contributed by atoms with Gasteiger partial charge >= 0.3 is 0 Å². The van der Waals surface area contributed by atoms with Crippen molar-refractivity contribution in [3.05, 3.63) is 35.4 Å². The maximum absolute atomic E-state index is 11.9. The molecule has 2 aliphatic heterocycles. The van der Waals surface area contributed by atoms with Crippen molar-refractivity contribution in [3.63, 3.8) is 0 Å². The molecule has 1 aromatic rings. The number of piperidine rings is 1. The van der Waals surface area contributed by atoms with E-state index in [4.69, 9.17) is 5.73 Å². The summed E-state index contributed by atoms with van der Waals surface area (Å²) in [4.78, 5) is 14.4. The smallest absolute Gasteiger partial charge is 0.224 e. The van der Waals surface area contributed by atoms with Gasteiger partial charge in [-0.15, -0.1) is 0 Å². The van der Waals surface area contributed by atoms with Crippen molar-refractivity contribution in [2.75, 3.05) is 19.6 Å². The second kappa shape index (κ2) is 5.54. The minimum Gasteiger partial charge on any atom is -0.354 e. The molecule has 0 saturated carbocycles. The summed E-state index contributed by atoms with van der Waals surface area (Å²) in [6.07, 6.45) is 2.09. The Morgan fingerprint density at radius 3 is 3.00 bits per heavy atom. The molecule has 0 aromatic heterocycles. The third-order valence-electron chi connectivity index (χ3n) is 4.82. The number of likely N-dealkylation sites (tertiary alicyclic amines) is 1. The van der Waals surface area contributed by atoms with Gasteiger partial charge in [-0.25, -0.2) is 0 Å². The van der Waals surface area contributed by atoms with E-state index in [1.807, 2.05) is 0 Å². The molecular formula is C16H23N3O.